The van der Waals surface area contributed by atoms with Gasteiger partial charge in [0.05, 0.1) is 22.1 Å². The lowest BCUT2D eigenvalue weighted by Gasteiger charge is -2.17. The van der Waals surface area contributed by atoms with Crippen molar-refractivity contribution in [1.29, 1.82) is 0 Å². The number of nitro groups is 1. The molecule has 4 rings (SSSR count). The van der Waals surface area contributed by atoms with E-state index < -0.39 is 29.3 Å². The van der Waals surface area contributed by atoms with Gasteiger partial charge >= 0.3 is 5.97 Å². The van der Waals surface area contributed by atoms with Crippen LogP contribution in [0.3, 0.4) is 0 Å². The Kier molecular flexibility index (Phi) is 7.96. The van der Waals surface area contributed by atoms with Gasteiger partial charge in [0.25, 0.3) is 5.69 Å². The van der Waals surface area contributed by atoms with E-state index in [9.17, 15) is 29.3 Å². The summed E-state index contributed by atoms with van der Waals surface area (Å²) in [6, 6.07) is 17.1. The van der Waals surface area contributed by atoms with Crippen molar-refractivity contribution in [3.8, 4) is 0 Å². The zero-order valence-corrected chi connectivity index (χ0v) is 21.8. The highest BCUT2D eigenvalue weighted by molar-refractivity contribution is 9.10. The van der Waals surface area contributed by atoms with Crippen LogP contribution in [0.15, 0.2) is 71.2 Å². The SMILES string of the molecule is Cc1ccc(N2C[C@H](C(=O)Nc3ccc(C(=O)OCC(=O)c4ccc(Br)cc4)cc3)CC2=O)cc1[N+](=O)[O-]. The van der Waals surface area contributed by atoms with Crippen molar-refractivity contribution >= 4 is 56.6 Å². The molecule has 1 fully saturated rings. The minimum Gasteiger partial charge on any atom is -0.454 e. The van der Waals surface area contributed by atoms with Gasteiger partial charge in [-0.25, -0.2) is 4.79 Å². The molecule has 0 aromatic heterocycles. The van der Waals surface area contributed by atoms with E-state index in [4.69, 9.17) is 4.74 Å². The number of nitro benzene ring substituents is 1. The number of benzene rings is 3. The Morgan fingerprint density at radius 2 is 1.71 bits per heavy atom. The topological polar surface area (TPSA) is 136 Å². The van der Waals surface area contributed by atoms with Crippen molar-refractivity contribution in [2.75, 3.05) is 23.4 Å². The van der Waals surface area contributed by atoms with Crippen LogP contribution < -0.4 is 10.2 Å². The zero-order chi connectivity index (χ0) is 27.4. The molecule has 3 aromatic rings. The van der Waals surface area contributed by atoms with Crippen LogP contribution in [0, 0.1) is 23.0 Å². The first kappa shape index (κ1) is 26.7. The van der Waals surface area contributed by atoms with Gasteiger partial charge < -0.3 is 15.0 Å². The number of nitrogens with zero attached hydrogens (tertiary/aromatic N) is 2. The zero-order valence-electron chi connectivity index (χ0n) is 20.2. The second kappa shape index (κ2) is 11.3. The minimum absolute atomic E-state index is 0.0374. The van der Waals surface area contributed by atoms with E-state index in [0.717, 1.165) is 4.47 Å². The first-order chi connectivity index (χ1) is 18.1. The first-order valence-electron chi connectivity index (χ1n) is 11.5. The third-order valence-corrected chi connectivity index (χ3v) is 6.61. The van der Waals surface area contributed by atoms with Gasteiger partial charge in [0, 0.05) is 40.3 Å². The highest BCUT2D eigenvalue weighted by Gasteiger charge is 2.35. The Labute approximate surface area is 225 Å². The standard InChI is InChI=1S/C27H22BrN3O7/c1-16-2-11-22(13-23(16)31(36)37)30-14-19(12-25(30)33)26(34)29-21-9-5-18(6-10-21)27(35)38-15-24(32)17-3-7-20(28)8-4-17/h2-11,13,19H,12,14-15H2,1H3,(H,29,34)/t19-/m1/s1. The van der Waals surface area contributed by atoms with Crippen LogP contribution in [0.2, 0.25) is 0 Å². The lowest BCUT2D eigenvalue weighted by atomic mass is 10.1. The largest absolute Gasteiger partial charge is 0.454 e. The van der Waals surface area contributed by atoms with Crippen molar-refractivity contribution in [3.63, 3.8) is 0 Å². The van der Waals surface area contributed by atoms with Crippen LogP contribution in [-0.4, -0.2) is 41.6 Å². The predicted octanol–water partition coefficient (Wildman–Crippen LogP) is 4.70. The monoisotopic (exact) mass is 579 g/mol. The molecule has 10 nitrogen and oxygen atoms in total. The summed E-state index contributed by atoms with van der Waals surface area (Å²) in [6.07, 6.45) is -0.0374. The van der Waals surface area contributed by atoms with Crippen LogP contribution in [0.1, 0.15) is 32.7 Å². The molecule has 11 heteroatoms. The fraction of sp³-hybridized carbons (Fsp3) is 0.185. The molecule has 1 N–H and O–H groups in total. The Hall–Kier alpha value is -4.38. The number of carbonyl (C=O) groups excluding carboxylic acids is 4. The molecule has 0 bridgehead atoms. The Balaban J connectivity index is 1.32. The summed E-state index contributed by atoms with van der Waals surface area (Å²) in [4.78, 5) is 61.9. The normalized spacial score (nSPS) is 14.7. The van der Waals surface area contributed by atoms with E-state index >= 15 is 0 Å². The van der Waals surface area contributed by atoms with Crippen molar-refractivity contribution < 1.29 is 28.8 Å². The second-order valence-electron chi connectivity index (χ2n) is 8.71. The molecule has 1 atom stereocenters. The molecule has 0 spiro atoms. The van der Waals surface area contributed by atoms with Gasteiger partial charge in [0.2, 0.25) is 11.8 Å². The van der Waals surface area contributed by atoms with Crippen molar-refractivity contribution in [2.24, 2.45) is 5.92 Å². The maximum Gasteiger partial charge on any atom is 0.338 e. The van der Waals surface area contributed by atoms with Crippen molar-refractivity contribution in [3.05, 3.63) is 98.0 Å². The number of aryl methyl sites for hydroxylation is 1. The number of halogens is 1. The molecule has 0 aliphatic carbocycles. The van der Waals surface area contributed by atoms with Crippen molar-refractivity contribution in [2.45, 2.75) is 13.3 Å². The number of nitrogens with one attached hydrogen (secondary N) is 1. The maximum absolute atomic E-state index is 12.8. The van der Waals surface area contributed by atoms with E-state index in [-0.39, 0.29) is 35.9 Å². The molecule has 1 aliphatic rings. The number of esters is 1. The molecule has 0 radical (unpaired) electrons. The summed E-state index contributed by atoms with van der Waals surface area (Å²) in [5, 5.41) is 14.0. The first-order valence-corrected chi connectivity index (χ1v) is 12.3. The quantitative estimate of drug-likeness (QED) is 0.177. The molecule has 38 heavy (non-hydrogen) atoms. The number of hydrogen-bond donors (Lipinski definition) is 1. The fourth-order valence-corrected chi connectivity index (χ4v) is 4.23. The lowest BCUT2D eigenvalue weighted by molar-refractivity contribution is -0.385. The third kappa shape index (κ3) is 6.12. The lowest BCUT2D eigenvalue weighted by Crippen LogP contribution is -2.28. The highest BCUT2D eigenvalue weighted by atomic mass is 79.9. The van der Waals surface area contributed by atoms with E-state index in [1.54, 1.807) is 43.3 Å². The van der Waals surface area contributed by atoms with Gasteiger partial charge in [-0.15, -0.1) is 0 Å². The summed E-state index contributed by atoms with van der Waals surface area (Å²) < 4.78 is 5.93. The van der Waals surface area contributed by atoms with Crippen molar-refractivity contribution in [1.82, 2.24) is 0 Å². The van der Waals surface area contributed by atoms with Gasteiger partial charge in [-0.05, 0) is 49.4 Å². The molecule has 1 heterocycles. The third-order valence-electron chi connectivity index (χ3n) is 6.09. The summed E-state index contributed by atoms with van der Waals surface area (Å²) >= 11 is 3.29. The Bertz CT molecular complexity index is 1420. The van der Waals surface area contributed by atoms with Crippen LogP contribution >= 0.6 is 15.9 Å². The molecule has 3 aromatic carbocycles. The summed E-state index contributed by atoms with van der Waals surface area (Å²) in [5.74, 6) is -2.37. The average molecular weight is 580 g/mol. The molecule has 0 unspecified atom stereocenters. The molecular weight excluding hydrogens is 558 g/mol. The van der Waals surface area contributed by atoms with Crippen LogP contribution in [0.4, 0.5) is 17.1 Å². The summed E-state index contributed by atoms with van der Waals surface area (Å²) in [6.45, 7) is 1.29. The Morgan fingerprint density at radius 1 is 1.05 bits per heavy atom. The van der Waals surface area contributed by atoms with E-state index in [1.165, 1.54) is 35.2 Å². The number of ketones is 1. The van der Waals surface area contributed by atoms with E-state index in [1.807, 2.05) is 0 Å². The van der Waals surface area contributed by atoms with Gasteiger partial charge in [-0.2, -0.15) is 0 Å². The molecule has 0 saturated carbocycles. The molecule has 1 aliphatic heterocycles. The van der Waals surface area contributed by atoms with E-state index in [2.05, 4.69) is 21.2 Å². The number of hydrogen-bond acceptors (Lipinski definition) is 7. The number of amides is 2. The van der Waals surface area contributed by atoms with Gasteiger partial charge in [-0.3, -0.25) is 24.5 Å². The predicted molar refractivity (Wildman–Crippen MR) is 142 cm³/mol. The van der Waals surface area contributed by atoms with E-state index in [0.29, 0.717) is 22.5 Å². The highest BCUT2D eigenvalue weighted by Crippen LogP contribution is 2.30. The Morgan fingerprint density at radius 3 is 2.37 bits per heavy atom. The van der Waals surface area contributed by atoms with Crippen LogP contribution in [0.5, 0.6) is 0 Å². The second-order valence-corrected chi connectivity index (χ2v) is 9.62. The molecular formula is C27H22BrN3O7. The van der Waals surface area contributed by atoms with Crippen LogP contribution in [-0.2, 0) is 14.3 Å². The number of carbonyl (C=O) groups is 4. The summed E-state index contributed by atoms with van der Waals surface area (Å²) in [5.41, 5.74) is 1.78. The molecule has 2 amide bonds. The number of ether oxygens (including phenoxy) is 1. The maximum atomic E-state index is 12.8. The number of Topliss-reactive ketones (excluding diaryl/α,β-unsaturated/α-hetero) is 1. The van der Waals surface area contributed by atoms with Gasteiger partial charge in [0.1, 0.15) is 0 Å². The van der Waals surface area contributed by atoms with Crippen LogP contribution in [0.25, 0.3) is 0 Å². The molecule has 1 saturated heterocycles. The average Bonchev–Trinajstić information content (AvgIpc) is 3.29. The fourth-order valence-electron chi connectivity index (χ4n) is 3.96. The number of anilines is 2. The molecule has 194 valence electrons. The van der Waals surface area contributed by atoms with Gasteiger partial charge in [-0.1, -0.05) is 34.1 Å². The summed E-state index contributed by atoms with van der Waals surface area (Å²) in [7, 11) is 0. The number of rotatable bonds is 8. The van der Waals surface area contributed by atoms with Gasteiger partial charge in [0.15, 0.2) is 12.4 Å². The smallest absolute Gasteiger partial charge is 0.338 e. The minimum atomic E-state index is -0.683.